The summed E-state index contributed by atoms with van der Waals surface area (Å²) < 4.78 is 4.81. The van der Waals surface area contributed by atoms with E-state index in [-0.39, 0.29) is 12.3 Å². The van der Waals surface area contributed by atoms with Gasteiger partial charge in [-0.2, -0.15) is 4.99 Å². The van der Waals surface area contributed by atoms with Crippen molar-refractivity contribution in [1.29, 1.82) is 0 Å². The number of carbonyl (C=O) groups is 1. The lowest BCUT2D eigenvalue weighted by molar-refractivity contribution is -0.384. The number of amides is 1. The molecule has 0 atom stereocenters. The largest absolute Gasteiger partial charge is 0.443 e. The highest BCUT2D eigenvalue weighted by Crippen LogP contribution is 2.12. The average molecular weight is 250 g/mol. The van der Waals surface area contributed by atoms with E-state index in [1.807, 2.05) is 0 Å². The van der Waals surface area contributed by atoms with Crippen LogP contribution >= 0.6 is 0 Å². The Morgan fingerprint density at radius 1 is 1.50 bits per heavy atom. The number of benzene rings is 1. The Kier molecular flexibility index (Phi) is 5.30. The Morgan fingerprint density at radius 3 is 2.72 bits per heavy atom. The zero-order chi connectivity index (χ0) is 13.4. The molecule has 0 heterocycles. The second-order valence-electron chi connectivity index (χ2n) is 3.19. The number of ether oxygens (including phenoxy) is 1. The number of hydrogen-bond donors (Lipinski definition) is 1. The molecule has 0 fully saturated rings. The van der Waals surface area contributed by atoms with E-state index in [1.165, 1.54) is 30.6 Å². The summed E-state index contributed by atoms with van der Waals surface area (Å²) in [5, 5.41) is 13.0. The molecule has 95 valence electrons. The molecule has 1 radical (unpaired) electrons. The third-order valence-electron chi connectivity index (χ3n) is 1.92. The molecule has 7 nitrogen and oxygen atoms in total. The van der Waals surface area contributed by atoms with Gasteiger partial charge < -0.3 is 10.1 Å². The van der Waals surface area contributed by atoms with Crippen molar-refractivity contribution in [2.24, 2.45) is 4.99 Å². The number of aliphatic imine (C=N–C) groups is 1. The summed E-state index contributed by atoms with van der Waals surface area (Å²) in [7, 11) is 0. The second-order valence-corrected chi connectivity index (χ2v) is 3.19. The summed E-state index contributed by atoms with van der Waals surface area (Å²) >= 11 is 0. The molecule has 1 N–H and O–H groups in total. The van der Waals surface area contributed by atoms with Crippen LogP contribution < -0.4 is 5.32 Å². The molecule has 1 aromatic carbocycles. The van der Waals surface area contributed by atoms with Crippen LogP contribution in [0, 0.1) is 17.0 Å². The molecule has 7 heteroatoms. The van der Waals surface area contributed by atoms with Crippen LogP contribution in [0.3, 0.4) is 0 Å². The van der Waals surface area contributed by atoms with Gasteiger partial charge >= 0.3 is 6.09 Å². The van der Waals surface area contributed by atoms with E-state index in [9.17, 15) is 14.9 Å². The number of nitro groups is 1. The number of carbonyl (C=O) groups excluding carboxylic acids is 1. The Bertz CT molecular complexity index is 442. The summed E-state index contributed by atoms with van der Waals surface area (Å²) in [6.07, 6.45) is 0.458. The molecule has 1 rings (SSSR count). The van der Waals surface area contributed by atoms with E-state index in [0.717, 1.165) is 0 Å². The van der Waals surface area contributed by atoms with Gasteiger partial charge in [-0.3, -0.25) is 10.1 Å². The first-order valence-electron chi connectivity index (χ1n) is 5.08. The number of nitro benzene ring substituents is 1. The lowest BCUT2D eigenvalue weighted by atomic mass is 10.2. The highest BCUT2D eigenvalue weighted by atomic mass is 16.6. The Hall–Kier alpha value is -2.44. The van der Waals surface area contributed by atoms with E-state index in [1.54, 1.807) is 0 Å². The fourth-order valence-corrected chi connectivity index (χ4v) is 1.06. The highest BCUT2D eigenvalue weighted by molar-refractivity contribution is 5.78. The van der Waals surface area contributed by atoms with Crippen LogP contribution in [0.4, 0.5) is 10.5 Å². The molecule has 0 spiro atoms. The van der Waals surface area contributed by atoms with Crippen LogP contribution in [0.2, 0.25) is 0 Å². The van der Waals surface area contributed by atoms with Crippen LogP contribution in [0.25, 0.3) is 0 Å². The summed E-state index contributed by atoms with van der Waals surface area (Å²) in [4.78, 5) is 24.4. The van der Waals surface area contributed by atoms with Gasteiger partial charge in [-0.25, -0.2) is 4.79 Å². The third kappa shape index (κ3) is 4.60. The van der Waals surface area contributed by atoms with Crippen molar-refractivity contribution in [3.63, 3.8) is 0 Å². The third-order valence-corrected chi connectivity index (χ3v) is 1.92. The Morgan fingerprint density at radius 2 is 2.17 bits per heavy atom. The number of nitrogens with zero attached hydrogens (tertiary/aromatic N) is 2. The lowest BCUT2D eigenvalue weighted by Crippen LogP contribution is -2.11. The van der Waals surface area contributed by atoms with Gasteiger partial charge in [0.05, 0.1) is 11.3 Å². The fourth-order valence-electron chi connectivity index (χ4n) is 1.06. The first-order chi connectivity index (χ1) is 8.63. The zero-order valence-electron chi connectivity index (χ0n) is 9.54. The smallest absolute Gasteiger partial charge is 0.435 e. The van der Waals surface area contributed by atoms with Crippen molar-refractivity contribution in [2.45, 2.75) is 6.61 Å². The van der Waals surface area contributed by atoms with Crippen molar-refractivity contribution in [1.82, 2.24) is 5.32 Å². The maximum Gasteiger partial charge on any atom is 0.435 e. The molecule has 0 aliphatic rings. The van der Waals surface area contributed by atoms with Crippen LogP contribution in [0.5, 0.6) is 0 Å². The van der Waals surface area contributed by atoms with E-state index in [4.69, 9.17) is 4.74 Å². The van der Waals surface area contributed by atoms with E-state index >= 15 is 0 Å². The van der Waals surface area contributed by atoms with E-state index < -0.39 is 11.0 Å². The first kappa shape index (κ1) is 13.6. The molecule has 0 saturated carbocycles. The molecule has 18 heavy (non-hydrogen) atoms. The maximum absolute atomic E-state index is 11.1. The number of hydrogen-bond acceptors (Lipinski definition) is 4. The summed E-state index contributed by atoms with van der Waals surface area (Å²) in [5.41, 5.74) is 0.636. The average Bonchev–Trinajstić information content (AvgIpc) is 2.37. The van der Waals surface area contributed by atoms with Gasteiger partial charge in [0.2, 0.25) is 0 Å². The summed E-state index contributed by atoms with van der Waals surface area (Å²) in [6.45, 7) is 3.92. The monoisotopic (exact) mass is 250 g/mol. The Balaban J connectivity index is 2.44. The van der Waals surface area contributed by atoms with Gasteiger partial charge in [0.15, 0.2) is 0 Å². The number of nitrogens with one attached hydrogen (secondary N) is 1. The van der Waals surface area contributed by atoms with E-state index in [2.05, 4.69) is 17.2 Å². The quantitative estimate of drug-likeness (QED) is 0.371. The van der Waals surface area contributed by atoms with Crippen LogP contribution in [-0.4, -0.2) is 23.9 Å². The maximum atomic E-state index is 11.1. The van der Waals surface area contributed by atoms with Crippen LogP contribution in [0.1, 0.15) is 5.56 Å². The predicted octanol–water partition coefficient (Wildman–Crippen LogP) is 1.68. The van der Waals surface area contributed by atoms with Gasteiger partial charge in [-0.05, 0) is 24.6 Å². The molecular weight excluding hydrogens is 238 g/mol. The molecule has 0 bridgehead atoms. The molecule has 0 aliphatic carbocycles. The Labute approximate surface area is 104 Å². The van der Waals surface area contributed by atoms with Crippen molar-refractivity contribution < 1.29 is 14.5 Å². The zero-order valence-corrected chi connectivity index (χ0v) is 9.54. The molecule has 0 aromatic heterocycles. The summed E-state index contributed by atoms with van der Waals surface area (Å²) in [6, 6.07) is 5.72. The lowest BCUT2D eigenvalue weighted by Gasteiger charge is -2.01. The second kappa shape index (κ2) is 7.00. The number of rotatable bonds is 5. The molecule has 0 saturated heterocycles. The molecule has 1 amide bonds. The minimum absolute atomic E-state index is 0.0113. The van der Waals surface area contributed by atoms with Crippen molar-refractivity contribution in [2.75, 3.05) is 6.54 Å². The van der Waals surface area contributed by atoms with Gasteiger partial charge in [0, 0.05) is 18.7 Å². The minimum Gasteiger partial charge on any atom is -0.443 e. The summed E-state index contributed by atoms with van der Waals surface area (Å²) in [5.74, 6) is 0. The molecular formula is C11H12N3O4. The van der Waals surface area contributed by atoms with Gasteiger partial charge in [-0.15, -0.1) is 0 Å². The SMILES string of the molecule is [CH2]CNC=NC(=O)OCc1ccc([N+](=O)[O-])cc1. The van der Waals surface area contributed by atoms with Gasteiger partial charge in [0.1, 0.15) is 6.61 Å². The van der Waals surface area contributed by atoms with Crippen LogP contribution in [0.15, 0.2) is 29.3 Å². The molecule has 0 unspecified atom stereocenters. The molecule has 0 aliphatic heterocycles. The van der Waals surface area contributed by atoms with Crippen molar-refractivity contribution >= 4 is 18.1 Å². The van der Waals surface area contributed by atoms with Gasteiger partial charge in [-0.1, -0.05) is 0 Å². The highest BCUT2D eigenvalue weighted by Gasteiger charge is 2.05. The number of non-ortho nitro benzene ring substituents is 1. The normalized spacial score (nSPS) is 10.3. The first-order valence-corrected chi connectivity index (χ1v) is 5.08. The topological polar surface area (TPSA) is 93.8 Å². The van der Waals surface area contributed by atoms with Gasteiger partial charge in [0.25, 0.3) is 5.69 Å². The van der Waals surface area contributed by atoms with Crippen molar-refractivity contribution in [3.05, 3.63) is 46.9 Å². The standard InChI is InChI=1S/C11H12N3O4/c1-2-12-8-13-11(15)18-7-9-3-5-10(6-4-9)14(16)17/h3-6,8H,1-2,7H2,(H,12,13,15). The minimum atomic E-state index is -0.741. The predicted molar refractivity (Wildman–Crippen MR) is 65.1 cm³/mol. The fraction of sp³-hybridized carbons (Fsp3) is 0.182. The van der Waals surface area contributed by atoms with Crippen molar-refractivity contribution in [3.8, 4) is 0 Å². The molecule has 1 aromatic rings. The van der Waals surface area contributed by atoms with E-state index in [0.29, 0.717) is 12.1 Å². The van der Waals surface area contributed by atoms with Crippen LogP contribution in [-0.2, 0) is 11.3 Å².